The van der Waals surface area contributed by atoms with E-state index in [2.05, 4.69) is 42.0 Å². The predicted molar refractivity (Wildman–Crippen MR) is 98.4 cm³/mol. The first-order valence-corrected chi connectivity index (χ1v) is 8.64. The van der Waals surface area contributed by atoms with Gasteiger partial charge in [-0.15, -0.1) is 0 Å². The zero-order valence-corrected chi connectivity index (χ0v) is 14.6. The van der Waals surface area contributed by atoms with Crippen LogP contribution in [0.4, 0.5) is 0 Å². The molecule has 1 aliphatic rings. The Hall–Kier alpha value is -1.88. The standard InChI is InChI=1S/C20H27N3O/c1-16-15-23(12-11-22(16)2)20(14-21)17-7-6-10-19(13-17)24-18-8-4-3-5-9-18/h3-10,13,16,20H,11-12,14-15,21H2,1-2H3. The second kappa shape index (κ2) is 7.79. The first-order valence-electron chi connectivity index (χ1n) is 8.64. The first kappa shape index (κ1) is 17.0. The van der Waals surface area contributed by atoms with Gasteiger partial charge in [0.2, 0.25) is 0 Å². The number of nitrogens with two attached hydrogens (primary N) is 1. The van der Waals surface area contributed by atoms with Gasteiger partial charge in [0.05, 0.1) is 0 Å². The second-order valence-corrected chi connectivity index (χ2v) is 6.56. The molecule has 1 aliphatic heterocycles. The molecule has 2 aromatic rings. The summed E-state index contributed by atoms with van der Waals surface area (Å²) in [5.74, 6) is 1.71. The smallest absolute Gasteiger partial charge is 0.127 e. The van der Waals surface area contributed by atoms with Gasteiger partial charge in [-0.3, -0.25) is 4.90 Å². The van der Waals surface area contributed by atoms with Crippen molar-refractivity contribution in [2.24, 2.45) is 5.73 Å². The molecule has 0 aromatic heterocycles. The van der Waals surface area contributed by atoms with Crippen LogP contribution in [0.15, 0.2) is 54.6 Å². The van der Waals surface area contributed by atoms with E-state index >= 15 is 0 Å². The number of hydrogen-bond acceptors (Lipinski definition) is 4. The summed E-state index contributed by atoms with van der Waals surface area (Å²) < 4.78 is 5.97. The van der Waals surface area contributed by atoms with Gasteiger partial charge >= 0.3 is 0 Å². The lowest BCUT2D eigenvalue weighted by Gasteiger charge is -2.41. The third-order valence-corrected chi connectivity index (χ3v) is 4.88. The average molecular weight is 325 g/mol. The van der Waals surface area contributed by atoms with E-state index < -0.39 is 0 Å². The zero-order chi connectivity index (χ0) is 16.9. The lowest BCUT2D eigenvalue weighted by atomic mass is 10.0. The molecule has 4 nitrogen and oxygen atoms in total. The monoisotopic (exact) mass is 325 g/mol. The van der Waals surface area contributed by atoms with E-state index in [-0.39, 0.29) is 6.04 Å². The van der Waals surface area contributed by atoms with Gasteiger partial charge in [0, 0.05) is 38.3 Å². The molecule has 2 unspecified atom stereocenters. The Balaban J connectivity index is 1.76. The molecule has 0 amide bonds. The number of nitrogens with zero attached hydrogens (tertiary/aromatic N) is 2. The minimum atomic E-state index is 0.237. The summed E-state index contributed by atoms with van der Waals surface area (Å²) >= 11 is 0. The van der Waals surface area contributed by atoms with Gasteiger partial charge in [-0.1, -0.05) is 30.3 Å². The molecule has 3 rings (SSSR count). The molecule has 1 fully saturated rings. The fraction of sp³-hybridized carbons (Fsp3) is 0.400. The molecular formula is C20H27N3O. The van der Waals surface area contributed by atoms with Gasteiger partial charge in [0.15, 0.2) is 0 Å². The second-order valence-electron chi connectivity index (χ2n) is 6.56. The maximum absolute atomic E-state index is 6.12. The number of para-hydroxylation sites is 1. The summed E-state index contributed by atoms with van der Waals surface area (Å²) in [7, 11) is 2.19. The number of piperazine rings is 1. The van der Waals surface area contributed by atoms with Crippen LogP contribution in [0.25, 0.3) is 0 Å². The zero-order valence-electron chi connectivity index (χ0n) is 14.6. The van der Waals surface area contributed by atoms with Gasteiger partial charge in [-0.05, 0) is 43.8 Å². The molecule has 0 aliphatic carbocycles. The third kappa shape index (κ3) is 3.96. The minimum absolute atomic E-state index is 0.237. The van der Waals surface area contributed by atoms with E-state index in [1.807, 2.05) is 36.4 Å². The van der Waals surface area contributed by atoms with Crippen LogP contribution in [-0.2, 0) is 0 Å². The van der Waals surface area contributed by atoms with E-state index in [0.717, 1.165) is 31.1 Å². The Labute approximate surface area is 144 Å². The van der Waals surface area contributed by atoms with E-state index in [9.17, 15) is 0 Å². The molecule has 2 N–H and O–H groups in total. The average Bonchev–Trinajstić information content (AvgIpc) is 2.60. The largest absolute Gasteiger partial charge is 0.457 e. The van der Waals surface area contributed by atoms with Crippen LogP contribution in [0.1, 0.15) is 18.5 Å². The third-order valence-electron chi connectivity index (χ3n) is 4.88. The highest BCUT2D eigenvalue weighted by atomic mass is 16.5. The molecule has 4 heteroatoms. The molecule has 24 heavy (non-hydrogen) atoms. The number of benzene rings is 2. The first-order chi connectivity index (χ1) is 11.7. The van der Waals surface area contributed by atoms with E-state index in [4.69, 9.17) is 10.5 Å². The van der Waals surface area contributed by atoms with Crippen molar-refractivity contribution in [2.45, 2.75) is 19.0 Å². The molecule has 2 atom stereocenters. The molecular weight excluding hydrogens is 298 g/mol. The fourth-order valence-corrected chi connectivity index (χ4v) is 3.27. The van der Waals surface area contributed by atoms with Crippen LogP contribution >= 0.6 is 0 Å². The summed E-state index contributed by atoms with van der Waals surface area (Å²) in [5, 5.41) is 0. The Bertz CT molecular complexity index is 646. The Morgan fingerprint density at radius 2 is 1.83 bits per heavy atom. The van der Waals surface area contributed by atoms with Crippen molar-refractivity contribution >= 4 is 0 Å². The highest BCUT2D eigenvalue weighted by molar-refractivity contribution is 5.35. The molecule has 1 heterocycles. The maximum atomic E-state index is 6.12. The van der Waals surface area contributed by atoms with Crippen molar-refractivity contribution in [1.29, 1.82) is 0 Å². The van der Waals surface area contributed by atoms with Crippen LogP contribution in [0.2, 0.25) is 0 Å². The van der Waals surface area contributed by atoms with Gasteiger partial charge < -0.3 is 15.4 Å². The minimum Gasteiger partial charge on any atom is -0.457 e. The lowest BCUT2D eigenvalue weighted by Crippen LogP contribution is -2.52. The fourth-order valence-electron chi connectivity index (χ4n) is 3.27. The van der Waals surface area contributed by atoms with Gasteiger partial charge in [0.25, 0.3) is 0 Å². The van der Waals surface area contributed by atoms with Crippen molar-refractivity contribution in [1.82, 2.24) is 9.80 Å². The molecule has 2 aromatic carbocycles. The summed E-state index contributed by atoms with van der Waals surface area (Å²) in [6, 6.07) is 19.0. The molecule has 1 saturated heterocycles. The van der Waals surface area contributed by atoms with Crippen molar-refractivity contribution in [3.05, 3.63) is 60.2 Å². The molecule has 0 radical (unpaired) electrons. The van der Waals surface area contributed by atoms with E-state index in [1.54, 1.807) is 0 Å². The van der Waals surface area contributed by atoms with Gasteiger partial charge in [-0.2, -0.15) is 0 Å². The van der Waals surface area contributed by atoms with E-state index in [0.29, 0.717) is 12.6 Å². The number of rotatable bonds is 5. The maximum Gasteiger partial charge on any atom is 0.127 e. The van der Waals surface area contributed by atoms with Crippen molar-refractivity contribution < 1.29 is 4.74 Å². The van der Waals surface area contributed by atoms with Crippen LogP contribution < -0.4 is 10.5 Å². The Kier molecular flexibility index (Phi) is 5.51. The van der Waals surface area contributed by atoms with Crippen molar-refractivity contribution in [2.75, 3.05) is 33.2 Å². The van der Waals surface area contributed by atoms with Crippen LogP contribution in [0.5, 0.6) is 11.5 Å². The number of ether oxygens (including phenoxy) is 1. The Morgan fingerprint density at radius 1 is 1.08 bits per heavy atom. The SMILES string of the molecule is CC1CN(C(CN)c2cccc(Oc3ccccc3)c2)CCN1C. The highest BCUT2D eigenvalue weighted by Gasteiger charge is 2.26. The summed E-state index contributed by atoms with van der Waals surface area (Å²) in [6.07, 6.45) is 0. The predicted octanol–water partition coefficient (Wildman–Crippen LogP) is 3.11. The van der Waals surface area contributed by atoms with Crippen molar-refractivity contribution in [3.63, 3.8) is 0 Å². The van der Waals surface area contributed by atoms with Gasteiger partial charge in [-0.25, -0.2) is 0 Å². The molecule has 0 bridgehead atoms. The summed E-state index contributed by atoms with van der Waals surface area (Å²) in [4.78, 5) is 4.89. The molecule has 128 valence electrons. The van der Waals surface area contributed by atoms with Gasteiger partial charge in [0.1, 0.15) is 11.5 Å². The summed E-state index contributed by atoms with van der Waals surface area (Å²) in [6.45, 7) is 6.06. The number of hydrogen-bond donors (Lipinski definition) is 1. The normalized spacial score (nSPS) is 20.7. The molecule has 0 saturated carbocycles. The quantitative estimate of drug-likeness (QED) is 0.917. The van der Waals surface area contributed by atoms with Crippen LogP contribution in [-0.4, -0.2) is 49.1 Å². The summed E-state index contributed by atoms with van der Waals surface area (Å²) in [5.41, 5.74) is 7.35. The topological polar surface area (TPSA) is 41.7 Å². The number of likely N-dealkylation sites (N-methyl/N-ethyl adjacent to an activating group) is 1. The Morgan fingerprint density at radius 3 is 2.54 bits per heavy atom. The molecule has 0 spiro atoms. The van der Waals surface area contributed by atoms with Crippen molar-refractivity contribution in [3.8, 4) is 11.5 Å². The van der Waals surface area contributed by atoms with Crippen LogP contribution in [0, 0.1) is 0 Å². The van der Waals surface area contributed by atoms with Crippen LogP contribution in [0.3, 0.4) is 0 Å². The highest BCUT2D eigenvalue weighted by Crippen LogP contribution is 2.28. The lowest BCUT2D eigenvalue weighted by molar-refractivity contribution is 0.0741. The van der Waals surface area contributed by atoms with E-state index in [1.165, 1.54) is 5.56 Å².